The van der Waals surface area contributed by atoms with E-state index in [-0.39, 0.29) is 0 Å². The lowest BCUT2D eigenvalue weighted by molar-refractivity contribution is 0.474. The van der Waals surface area contributed by atoms with Gasteiger partial charge in [-0.1, -0.05) is 25.7 Å². The van der Waals surface area contributed by atoms with Crippen LogP contribution in [0, 0.1) is 5.92 Å². The Morgan fingerprint density at radius 1 is 1.40 bits per heavy atom. The molecule has 1 aliphatic carbocycles. The van der Waals surface area contributed by atoms with E-state index < -0.39 is 0 Å². The van der Waals surface area contributed by atoms with Crippen molar-refractivity contribution in [3.05, 3.63) is 5.82 Å². The van der Waals surface area contributed by atoms with Gasteiger partial charge < -0.3 is 5.32 Å². The first kappa shape index (κ1) is 10.5. The molecule has 0 aromatic carbocycles. The second-order valence-corrected chi connectivity index (χ2v) is 4.31. The van der Waals surface area contributed by atoms with Gasteiger partial charge in [0.05, 0.1) is 13.6 Å². The van der Waals surface area contributed by atoms with Crippen LogP contribution in [-0.4, -0.2) is 26.8 Å². The highest BCUT2D eigenvalue weighted by Gasteiger charge is 2.13. The van der Waals surface area contributed by atoms with Crippen molar-refractivity contribution in [3.8, 4) is 0 Å². The molecule has 5 nitrogen and oxygen atoms in total. The quantitative estimate of drug-likeness (QED) is 0.731. The summed E-state index contributed by atoms with van der Waals surface area (Å²) >= 11 is 0. The lowest BCUT2D eigenvalue weighted by Crippen LogP contribution is -2.18. The number of aromatic nitrogens is 4. The maximum Gasteiger partial charge on any atom is 0.188 e. The number of hydrogen-bond acceptors (Lipinski definition) is 4. The van der Waals surface area contributed by atoms with Crippen LogP contribution in [0.2, 0.25) is 0 Å². The number of tetrazole rings is 1. The molecule has 1 aromatic rings. The Kier molecular flexibility index (Phi) is 3.66. The molecule has 0 spiro atoms. The largest absolute Gasteiger partial charge is 0.310 e. The number of aryl methyl sites for hydroxylation is 1. The number of nitrogens with zero attached hydrogens (tertiary/aromatic N) is 4. The van der Waals surface area contributed by atoms with E-state index >= 15 is 0 Å². The monoisotopic (exact) mass is 209 g/mol. The van der Waals surface area contributed by atoms with Gasteiger partial charge in [0, 0.05) is 0 Å². The minimum absolute atomic E-state index is 0.737. The Labute approximate surface area is 90.2 Å². The summed E-state index contributed by atoms with van der Waals surface area (Å²) in [5.74, 6) is 1.73. The molecule has 0 atom stereocenters. The molecule has 84 valence electrons. The molecule has 1 aromatic heterocycles. The van der Waals surface area contributed by atoms with Crippen LogP contribution in [0.1, 0.15) is 37.9 Å². The molecule has 2 rings (SSSR count). The summed E-state index contributed by atoms with van der Waals surface area (Å²) < 4.78 is 0. The van der Waals surface area contributed by atoms with Crippen molar-refractivity contribution in [2.75, 3.05) is 6.54 Å². The van der Waals surface area contributed by atoms with Crippen molar-refractivity contribution in [1.82, 2.24) is 25.5 Å². The highest BCUT2D eigenvalue weighted by atomic mass is 15.6. The third-order valence-corrected chi connectivity index (χ3v) is 3.04. The standard InChI is InChI=1S/C10H19N5/c1-15-13-10(12-14-15)8-11-7-6-9-4-2-3-5-9/h9,11H,2-8H2,1H3. The first-order chi connectivity index (χ1) is 7.34. The van der Waals surface area contributed by atoms with Crippen LogP contribution >= 0.6 is 0 Å². The number of nitrogens with one attached hydrogen (secondary N) is 1. The van der Waals surface area contributed by atoms with Gasteiger partial charge in [0.25, 0.3) is 0 Å². The van der Waals surface area contributed by atoms with Gasteiger partial charge >= 0.3 is 0 Å². The van der Waals surface area contributed by atoms with Gasteiger partial charge in [0.1, 0.15) is 0 Å². The van der Waals surface area contributed by atoms with E-state index in [0.29, 0.717) is 0 Å². The second kappa shape index (κ2) is 5.21. The van der Waals surface area contributed by atoms with Crippen molar-refractivity contribution in [2.24, 2.45) is 13.0 Å². The molecular formula is C10H19N5. The molecule has 15 heavy (non-hydrogen) atoms. The molecule has 1 N–H and O–H groups in total. The SMILES string of the molecule is Cn1nnc(CNCCC2CCCC2)n1. The zero-order valence-corrected chi connectivity index (χ0v) is 9.32. The van der Waals surface area contributed by atoms with Gasteiger partial charge in [0.15, 0.2) is 5.82 Å². The summed E-state index contributed by atoms with van der Waals surface area (Å²) in [6.45, 7) is 1.81. The minimum atomic E-state index is 0.737. The van der Waals surface area contributed by atoms with Gasteiger partial charge in [-0.3, -0.25) is 0 Å². The third-order valence-electron chi connectivity index (χ3n) is 3.04. The summed E-state index contributed by atoms with van der Waals surface area (Å²) in [6.07, 6.45) is 6.99. The molecule has 0 unspecified atom stereocenters. The number of hydrogen-bond donors (Lipinski definition) is 1. The fourth-order valence-electron chi connectivity index (χ4n) is 2.20. The van der Waals surface area contributed by atoms with Crippen molar-refractivity contribution < 1.29 is 0 Å². The van der Waals surface area contributed by atoms with E-state index in [1.54, 1.807) is 7.05 Å². The molecule has 0 bridgehead atoms. The summed E-state index contributed by atoms with van der Waals surface area (Å²) in [5.41, 5.74) is 0. The summed E-state index contributed by atoms with van der Waals surface area (Å²) in [5, 5.41) is 15.2. The van der Waals surface area contributed by atoms with Crippen LogP contribution < -0.4 is 5.32 Å². The highest BCUT2D eigenvalue weighted by Crippen LogP contribution is 2.26. The van der Waals surface area contributed by atoms with E-state index in [2.05, 4.69) is 20.7 Å². The molecule has 5 heteroatoms. The van der Waals surface area contributed by atoms with Crippen LogP contribution in [-0.2, 0) is 13.6 Å². The van der Waals surface area contributed by atoms with E-state index in [1.165, 1.54) is 36.9 Å². The lowest BCUT2D eigenvalue weighted by Gasteiger charge is -2.08. The van der Waals surface area contributed by atoms with Crippen LogP contribution in [0.4, 0.5) is 0 Å². The molecule has 0 saturated heterocycles. The Balaban J connectivity index is 1.58. The Hall–Kier alpha value is -0.970. The van der Waals surface area contributed by atoms with E-state index in [9.17, 15) is 0 Å². The first-order valence-corrected chi connectivity index (χ1v) is 5.78. The molecule has 1 saturated carbocycles. The fraction of sp³-hybridized carbons (Fsp3) is 0.900. The van der Waals surface area contributed by atoms with E-state index in [0.717, 1.165) is 24.8 Å². The van der Waals surface area contributed by atoms with Crippen molar-refractivity contribution in [1.29, 1.82) is 0 Å². The normalized spacial score (nSPS) is 17.4. The van der Waals surface area contributed by atoms with Crippen molar-refractivity contribution >= 4 is 0 Å². The molecule has 0 amide bonds. The van der Waals surface area contributed by atoms with E-state index in [1.807, 2.05) is 0 Å². The second-order valence-electron chi connectivity index (χ2n) is 4.31. The summed E-state index contributed by atoms with van der Waals surface area (Å²) in [7, 11) is 1.79. The Morgan fingerprint density at radius 3 is 2.87 bits per heavy atom. The van der Waals surface area contributed by atoms with Gasteiger partial charge in [-0.25, -0.2) is 0 Å². The minimum Gasteiger partial charge on any atom is -0.310 e. The molecule has 1 fully saturated rings. The smallest absolute Gasteiger partial charge is 0.188 e. The Bertz CT molecular complexity index is 290. The molecule has 1 aliphatic rings. The average Bonchev–Trinajstić information content (AvgIpc) is 2.84. The Morgan fingerprint density at radius 2 is 2.20 bits per heavy atom. The highest BCUT2D eigenvalue weighted by molar-refractivity contribution is 4.75. The average molecular weight is 209 g/mol. The van der Waals surface area contributed by atoms with Crippen LogP contribution in [0.15, 0.2) is 0 Å². The molecule has 0 aliphatic heterocycles. The van der Waals surface area contributed by atoms with Gasteiger partial charge in [0.2, 0.25) is 0 Å². The van der Waals surface area contributed by atoms with Crippen molar-refractivity contribution in [2.45, 2.75) is 38.6 Å². The molecule has 1 heterocycles. The van der Waals surface area contributed by atoms with Crippen LogP contribution in [0.3, 0.4) is 0 Å². The zero-order chi connectivity index (χ0) is 10.5. The topological polar surface area (TPSA) is 55.6 Å². The zero-order valence-electron chi connectivity index (χ0n) is 9.32. The van der Waals surface area contributed by atoms with Gasteiger partial charge in [-0.15, -0.1) is 10.2 Å². The van der Waals surface area contributed by atoms with E-state index in [4.69, 9.17) is 0 Å². The number of rotatable bonds is 5. The molecule has 0 radical (unpaired) electrons. The maximum absolute atomic E-state index is 4.11. The van der Waals surface area contributed by atoms with Gasteiger partial charge in [-0.2, -0.15) is 4.80 Å². The molecular weight excluding hydrogens is 190 g/mol. The first-order valence-electron chi connectivity index (χ1n) is 5.78. The summed E-state index contributed by atoms with van der Waals surface area (Å²) in [6, 6.07) is 0. The van der Waals surface area contributed by atoms with Crippen molar-refractivity contribution in [3.63, 3.8) is 0 Å². The van der Waals surface area contributed by atoms with Crippen LogP contribution in [0.5, 0.6) is 0 Å². The maximum atomic E-state index is 4.11. The fourth-order valence-corrected chi connectivity index (χ4v) is 2.20. The lowest BCUT2D eigenvalue weighted by atomic mass is 10.0. The predicted molar refractivity (Wildman–Crippen MR) is 57.1 cm³/mol. The third kappa shape index (κ3) is 3.27. The predicted octanol–water partition coefficient (Wildman–Crippen LogP) is 0.880. The van der Waals surface area contributed by atoms with Crippen LogP contribution in [0.25, 0.3) is 0 Å². The van der Waals surface area contributed by atoms with Gasteiger partial charge in [-0.05, 0) is 24.1 Å². The summed E-state index contributed by atoms with van der Waals surface area (Å²) in [4.78, 5) is 1.49.